The molecule has 0 radical (unpaired) electrons. The average Bonchev–Trinajstić information content (AvgIpc) is 3.70. The first-order valence-corrected chi connectivity index (χ1v) is 13.5. The summed E-state index contributed by atoms with van der Waals surface area (Å²) in [5.74, 6) is -1.88. The molecule has 212 valence electrons. The minimum atomic E-state index is -1.54. The SMILES string of the molecule is COSN(C)NC(=O)C1CC(C2CC2)=C(OCC2(F)CCN(C(C)c3ccc(F)c(Cl)c3)CC2)C=C1F.S. The van der Waals surface area contributed by atoms with Gasteiger partial charge < -0.3 is 8.92 Å². The number of allylic oxidation sites excluding steroid dienone is 2. The largest absolute Gasteiger partial charge is 0.490 e. The molecule has 0 spiro atoms. The maximum absolute atomic E-state index is 15.7. The molecule has 2 fully saturated rings. The molecule has 38 heavy (non-hydrogen) atoms. The number of piperidine rings is 1. The minimum Gasteiger partial charge on any atom is -0.490 e. The number of hydrogen-bond donors (Lipinski definition) is 1. The lowest BCUT2D eigenvalue weighted by molar-refractivity contribution is -0.127. The Labute approximate surface area is 238 Å². The second-order valence-corrected chi connectivity index (χ2v) is 11.4. The highest BCUT2D eigenvalue weighted by Gasteiger charge is 2.40. The number of halogens is 4. The van der Waals surface area contributed by atoms with Gasteiger partial charge in [0.15, 0.2) is 0 Å². The zero-order valence-electron chi connectivity index (χ0n) is 21.7. The van der Waals surface area contributed by atoms with Gasteiger partial charge in [-0.05, 0) is 68.2 Å². The van der Waals surface area contributed by atoms with Gasteiger partial charge in [0.05, 0.1) is 18.1 Å². The monoisotopic (exact) mass is 593 g/mol. The lowest BCUT2D eigenvalue weighted by Crippen LogP contribution is -2.45. The van der Waals surface area contributed by atoms with Crippen molar-refractivity contribution in [1.29, 1.82) is 0 Å². The summed E-state index contributed by atoms with van der Waals surface area (Å²) in [6.07, 6.45) is 3.89. The van der Waals surface area contributed by atoms with E-state index in [1.165, 1.54) is 23.7 Å². The Morgan fingerprint density at radius 3 is 2.61 bits per heavy atom. The summed E-state index contributed by atoms with van der Waals surface area (Å²) in [5.41, 5.74) is 2.81. The minimum absolute atomic E-state index is 0. The Kier molecular flexibility index (Phi) is 10.9. The van der Waals surface area contributed by atoms with Crippen LogP contribution in [0.25, 0.3) is 0 Å². The van der Waals surface area contributed by atoms with Crippen LogP contribution in [0, 0.1) is 17.7 Å². The van der Waals surface area contributed by atoms with Crippen LogP contribution in [0.5, 0.6) is 0 Å². The predicted octanol–water partition coefficient (Wildman–Crippen LogP) is 6.18. The zero-order valence-corrected chi connectivity index (χ0v) is 24.3. The quantitative estimate of drug-likeness (QED) is 0.199. The molecule has 1 aromatic rings. The maximum atomic E-state index is 15.7. The van der Waals surface area contributed by atoms with Gasteiger partial charge in [-0.25, -0.2) is 13.2 Å². The third-order valence-electron chi connectivity index (χ3n) is 7.34. The summed E-state index contributed by atoms with van der Waals surface area (Å²) >= 11 is 6.86. The van der Waals surface area contributed by atoms with Crippen LogP contribution in [0.2, 0.25) is 5.02 Å². The normalized spacial score (nSPS) is 22.5. The molecule has 1 aliphatic heterocycles. The number of rotatable bonds is 10. The van der Waals surface area contributed by atoms with Gasteiger partial charge in [-0.1, -0.05) is 17.7 Å². The molecule has 1 amide bonds. The molecular formula is C26H35ClF3N3O3S2. The topological polar surface area (TPSA) is 54.0 Å². The number of hydrogen-bond acceptors (Lipinski definition) is 6. The van der Waals surface area contributed by atoms with Gasteiger partial charge in [0, 0.05) is 32.3 Å². The molecule has 2 aliphatic carbocycles. The van der Waals surface area contributed by atoms with E-state index in [0.29, 0.717) is 18.8 Å². The van der Waals surface area contributed by atoms with Crippen LogP contribution in [-0.2, 0) is 13.7 Å². The smallest absolute Gasteiger partial charge is 0.245 e. The van der Waals surface area contributed by atoms with Gasteiger partial charge in [-0.15, -0.1) is 4.41 Å². The fourth-order valence-electron chi connectivity index (χ4n) is 4.90. The highest BCUT2D eigenvalue weighted by molar-refractivity contribution is 7.92. The van der Waals surface area contributed by atoms with Gasteiger partial charge in [-0.3, -0.25) is 15.1 Å². The van der Waals surface area contributed by atoms with Crippen LogP contribution in [0.4, 0.5) is 13.2 Å². The van der Waals surface area contributed by atoms with E-state index in [9.17, 15) is 13.6 Å². The molecule has 6 nitrogen and oxygen atoms in total. The first-order chi connectivity index (χ1) is 17.6. The Morgan fingerprint density at radius 2 is 2.00 bits per heavy atom. The third-order valence-corrected chi connectivity index (χ3v) is 8.09. The summed E-state index contributed by atoms with van der Waals surface area (Å²) in [6, 6.07) is 4.62. The lowest BCUT2D eigenvalue weighted by Gasteiger charge is -2.39. The van der Waals surface area contributed by atoms with Crippen molar-refractivity contribution in [1.82, 2.24) is 14.7 Å². The van der Waals surface area contributed by atoms with Gasteiger partial charge >= 0.3 is 0 Å². The van der Waals surface area contributed by atoms with E-state index in [1.54, 1.807) is 19.2 Å². The molecule has 0 aromatic heterocycles. The number of nitrogens with zero attached hydrogens (tertiary/aromatic N) is 2. The molecule has 1 saturated carbocycles. The van der Waals surface area contributed by atoms with Crippen LogP contribution in [-0.4, -0.2) is 54.7 Å². The van der Waals surface area contributed by atoms with Gasteiger partial charge in [0.2, 0.25) is 5.91 Å². The van der Waals surface area contributed by atoms with Crippen LogP contribution >= 0.6 is 37.3 Å². The van der Waals surface area contributed by atoms with E-state index >= 15 is 4.39 Å². The summed E-state index contributed by atoms with van der Waals surface area (Å²) in [6.45, 7) is 2.83. The van der Waals surface area contributed by atoms with Crippen molar-refractivity contribution in [2.75, 3.05) is 33.9 Å². The average molecular weight is 594 g/mol. The Morgan fingerprint density at radius 1 is 1.32 bits per heavy atom. The van der Waals surface area contributed by atoms with Crippen molar-refractivity contribution < 1.29 is 26.9 Å². The third kappa shape index (κ3) is 7.63. The summed E-state index contributed by atoms with van der Waals surface area (Å²) in [4.78, 5) is 14.7. The first kappa shape index (κ1) is 31.2. The Hall–Kier alpha value is -1.37. The van der Waals surface area contributed by atoms with Gasteiger partial charge in [0.1, 0.15) is 41.9 Å². The molecule has 2 unspecified atom stereocenters. The second-order valence-electron chi connectivity index (χ2n) is 9.99. The van der Waals surface area contributed by atoms with E-state index in [1.807, 2.05) is 6.92 Å². The standard InChI is InChI=1S/C26H33ClF3N3O3S.H2S/c1-16(18-6-7-22(28)21(27)12-18)33-10-8-26(30,9-11-33)15-36-24-14-23(29)20(13-19(24)17-4-5-17)25(34)31-32(2)37-35-3;/h6-7,12,14,16-17,20H,4-5,8-11,13,15H2,1-3H3,(H,31,34);1H2. The molecule has 12 heteroatoms. The fraction of sp³-hybridized carbons (Fsp3) is 0.577. The van der Waals surface area contributed by atoms with Gasteiger partial charge in [0.25, 0.3) is 0 Å². The van der Waals surface area contributed by atoms with Crippen molar-refractivity contribution >= 4 is 43.2 Å². The lowest BCUT2D eigenvalue weighted by atomic mass is 9.88. The maximum Gasteiger partial charge on any atom is 0.245 e. The number of nitrogens with one attached hydrogen (secondary N) is 1. The number of alkyl halides is 1. The van der Waals surface area contributed by atoms with Crippen molar-refractivity contribution in [3.8, 4) is 0 Å². The first-order valence-electron chi connectivity index (χ1n) is 12.5. The van der Waals surface area contributed by atoms with E-state index in [4.69, 9.17) is 20.5 Å². The molecule has 1 saturated heterocycles. The molecule has 2 atom stereocenters. The Balaban J connectivity index is 0.00000400. The van der Waals surface area contributed by atoms with Crippen LogP contribution in [0.1, 0.15) is 50.6 Å². The predicted molar refractivity (Wildman–Crippen MR) is 148 cm³/mol. The summed E-state index contributed by atoms with van der Waals surface area (Å²) < 4.78 is 56.3. The highest BCUT2D eigenvalue weighted by atomic mass is 35.5. The van der Waals surface area contributed by atoms with Crippen LogP contribution in [0.3, 0.4) is 0 Å². The molecule has 0 bridgehead atoms. The molecule has 1 N–H and O–H groups in total. The molecule has 4 rings (SSSR count). The molecule has 3 aliphatic rings. The number of benzene rings is 1. The van der Waals surface area contributed by atoms with Crippen molar-refractivity contribution in [2.24, 2.45) is 11.8 Å². The van der Waals surface area contributed by atoms with E-state index in [0.717, 1.165) is 36.2 Å². The number of hydrazine groups is 1. The Bertz CT molecular complexity index is 1070. The molecule has 1 heterocycles. The molecule has 1 aromatic carbocycles. The number of carbonyl (C=O) groups is 1. The number of carbonyl (C=O) groups excluding carboxylic acids is 1. The molecular weight excluding hydrogens is 559 g/mol. The van der Waals surface area contributed by atoms with Crippen LogP contribution in [0.15, 0.2) is 41.4 Å². The van der Waals surface area contributed by atoms with Crippen molar-refractivity contribution in [2.45, 2.75) is 50.7 Å². The highest BCUT2D eigenvalue weighted by Crippen LogP contribution is 2.45. The van der Waals surface area contributed by atoms with E-state index in [2.05, 4.69) is 10.3 Å². The summed E-state index contributed by atoms with van der Waals surface area (Å²) in [7, 11) is 3.07. The van der Waals surface area contributed by atoms with Crippen molar-refractivity contribution in [3.05, 3.63) is 57.8 Å². The van der Waals surface area contributed by atoms with Crippen molar-refractivity contribution in [3.63, 3.8) is 0 Å². The number of amides is 1. The van der Waals surface area contributed by atoms with E-state index in [-0.39, 0.29) is 56.3 Å². The number of ether oxygens (including phenoxy) is 1. The zero-order chi connectivity index (χ0) is 26.7. The van der Waals surface area contributed by atoms with E-state index < -0.39 is 29.1 Å². The fourth-order valence-corrected chi connectivity index (χ4v) is 5.44. The van der Waals surface area contributed by atoms with Gasteiger partial charge in [-0.2, -0.15) is 13.5 Å². The second kappa shape index (κ2) is 13.3. The summed E-state index contributed by atoms with van der Waals surface area (Å²) in [5, 5.41) is 0.0720. The number of likely N-dealkylation sites (tertiary alicyclic amines) is 1. The van der Waals surface area contributed by atoms with Crippen LogP contribution < -0.4 is 5.43 Å².